The molecule has 1 aliphatic rings. The first kappa shape index (κ1) is 14.4. The summed E-state index contributed by atoms with van der Waals surface area (Å²) < 4.78 is 10.2. The summed E-state index contributed by atoms with van der Waals surface area (Å²) in [7, 11) is 1.66. The Morgan fingerprint density at radius 3 is 2.70 bits per heavy atom. The van der Waals surface area contributed by atoms with Gasteiger partial charge in [0.1, 0.15) is 5.75 Å². The van der Waals surface area contributed by atoms with Crippen molar-refractivity contribution in [3.8, 4) is 5.75 Å². The highest BCUT2D eigenvalue weighted by molar-refractivity contribution is 5.88. The average molecular weight is 275 g/mol. The molecule has 0 bridgehead atoms. The SMILES string of the molecule is CCOC(=O)C1=CN(Cc2ccc(OC)cc2)CCC1. The largest absolute Gasteiger partial charge is 0.497 e. The van der Waals surface area contributed by atoms with Gasteiger partial charge in [0.25, 0.3) is 0 Å². The summed E-state index contributed by atoms with van der Waals surface area (Å²) in [5.74, 6) is 0.669. The number of methoxy groups -OCH3 is 1. The van der Waals surface area contributed by atoms with E-state index in [1.165, 1.54) is 5.56 Å². The lowest BCUT2D eigenvalue weighted by Crippen LogP contribution is -2.25. The number of carbonyl (C=O) groups is 1. The lowest BCUT2D eigenvalue weighted by Gasteiger charge is -2.26. The van der Waals surface area contributed by atoms with Crippen LogP contribution in [0, 0.1) is 0 Å². The summed E-state index contributed by atoms with van der Waals surface area (Å²) in [6.45, 7) is 4.02. The molecule has 0 amide bonds. The topological polar surface area (TPSA) is 38.8 Å². The van der Waals surface area contributed by atoms with Crippen LogP contribution < -0.4 is 4.74 Å². The van der Waals surface area contributed by atoms with Gasteiger partial charge in [-0.15, -0.1) is 0 Å². The summed E-state index contributed by atoms with van der Waals surface area (Å²) in [6.07, 6.45) is 3.73. The van der Waals surface area contributed by atoms with E-state index >= 15 is 0 Å². The normalized spacial score (nSPS) is 14.7. The van der Waals surface area contributed by atoms with Gasteiger partial charge in [0, 0.05) is 19.3 Å². The van der Waals surface area contributed by atoms with Gasteiger partial charge >= 0.3 is 5.97 Å². The van der Waals surface area contributed by atoms with Gasteiger partial charge in [-0.25, -0.2) is 4.79 Å². The lowest BCUT2D eigenvalue weighted by molar-refractivity contribution is -0.138. The Balaban J connectivity index is 2.01. The Kier molecular flexibility index (Phi) is 5.04. The lowest BCUT2D eigenvalue weighted by atomic mass is 10.1. The van der Waals surface area contributed by atoms with Crippen LogP contribution in [0.5, 0.6) is 5.75 Å². The Hall–Kier alpha value is -1.97. The van der Waals surface area contributed by atoms with Crippen LogP contribution >= 0.6 is 0 Å². The first-order chi connectivity index (χ1) is 9.72. The van der Waals surface area contributed by atoms with Crippen molar-refractivity contribution in [3.63, 3.8) is 0 Å². The molecule has 0 N–H and O–H groups in total. The predicted octanol–water partition coefficient (Wildman–Crippen LogP) is 2.74. The highest BCUT2D eigenvalue weighted by Gasteiger charge is 2.17. The van der Waals surface area contributed by atoms with Crippen LogP contribution in [0.1, 0.15) is 25.3 Å². The van der Waals surface area contributed by atoms with Crippen LogP contribution in [0.15, 0.2) is 36.0 Å². The molecule has 108 valence electrons. The molecule has 0 aliphatic carbocycles. The maximum atomic E-state index is 11.7. The number of rotatable bonds is 5. The zero-order chi connectivity index (χ0) is 14.4. The Morgan fingerprint density at radius 1 is 1.30 bits per heavy atom. The van der Waals surface area contributed by atoms with E-state index in [0.29, 0.717) is 6.61 Å². The Morgan fingerprint density at radius 2 is 2.05 bits per heavy atom. The number of hydrogen-bond donors (Lipinski definition) is 0. The third kappa shape index (κ3) is 3.76. The summed E-state index contributed by atoms with van der Waals surface area (Å²) in [6, 6.07) is 8.00. The second-order valence-corrected chi connectivity index (χ2v) is 4.80. The third-order valence-corrected chi connectivity index (χ3v) is 3.31. The fourth-order valence-electron chi connectivity index (χ4n) is 2.29. The summed E-state index contributed by atoms with van der Waals surface area (Å²) >= 11 is 0. The van der Waals surface area contributed by atoms with Crippen LogP contribution in [0.3, 0.4) is 0 Å². The smallest absolute Gasteiger partial charge is 0.335 e. The van der Waals surface area contributed by atoms with Crippen molar-refractivity contribution in [2.75, 3.05) is 20.3 Å². The second kappa shape index (κ2) is 6.98. The fourth-order valence-corrected chi connectivity index (χ4v) is 2.29. The molecule has 20 heavy (non-hydrogen) atoms. The number of carbonyl (C=O) groups excluding carboxylic acids is 1. The standard InChI is InChI=1S/C16H21NO3/c1-3-20-16(18)14-5-4-10-17(12-14)11-13-6-8-15(19-2)9-7-13/h6-9,12H,3-5,10-11H2,1-2H3. The van der Waals surface area contributed by atoms with Gasteiger partial charge in [-0.2, -0.15) is 0 Å². The molecule has 1 heterocycles. The Bertz CT molecular complexity index is 479. The van der Waals surface area contributed by atoms with E-state index in [2.05, 4.69) is 4.90 Å². The maximum Gasteiger partial charge on any atom is 0.335 e. The molecule has 0 saturated heterocycles. The van der Waals surface area contributed by atoms with Crippen molar-refractivity contribution < 1.29 is 14.3 Å². The van der Waals surface area contributed by atoms with E-state index in [1.54, 1.807) is 7.11 Å². The number of nitrogens with zero attached hydrogens (tertiary/aromatic N) is 1. The van der Waals surface area contributed by atoms with Crippen LogP contribution in [-0.2, 0) is 16.1 Å². The van der Waals surface area contributed by atoms with Crippen molar-refractivity contribution >= 4 is 5.97 Å². The van der Waals surface area contributed by atoms with Gasteiger partial charge in [-0.05, 0) is 37.5 Å². The van der Waals surface area contributed by atoms with Gasteiger partial charge in [0.05, 0.1) is 19.3 Å². The van der Waals surface area contributed by atoms with Gasteiger partial charge in [-0.3, -0.25) is 0 Å². The van der Waals surface area contributed by atoms with Crippen molar-refractivity contribution in [1.29, 1.82) is 0 Å². The van der Waals surface area contributed by atoms with Crippen LogP contribution in [0.4, 0.5) is 0 Å². The Labute approximate surface area is 120 Å². The van der Waals surface area contributed by atoms with Crippen molar-refractivity contribution in [2.24, 2.45) is 0 Å². The number of esters is 1. The first-order valence-corrected chi connectivity index (χ1v) is 6.97. The van der Waals surface area contributed by atoms with Gasteiger partial charge in [0.2, 0.25) is 0 Å². The van der Waals surface area contributed by atoms with Crippen molar-refractivity contribution in [3.05, 3.63) is 41.6 Å². The van der Waals surface area contributed by atoms with Crippen LogP contribution in [0.2, 0.25) is 0 Å². The van der Waals surface area contributed by atoms with Crippen molar-refractivity contribution in [1.82, 2.24) is 4.90 Å². The number of ether oxygens (including phenoxy) is 2. The summed E-state index contributed by atoms with van der Waals surface area (Å²) in [5, 5.41) is 0. The zero-order valence-corrected chi connectivity index (χ0v) is 12.1. The van der Waals surface area contributed by atoms with E-state index < -0.39 is 0 Å². The highest BCUT2D eigenvalue weighted by Crippen LogP contribution is 2.19. The molecule has 0 aromatic heterocycles. The average Bonchev–Trinajstić information content (AvgIpc) is 2.48. The maximum absolute atomic E-state index is 11.7. The minimum Gasteiger partial charge on any atom is -0.497 e. The molecular formula is C16H21NO3. The van der Waals surface area contributed by atoms with Gasteiger partial charge in [0.15, 0.2) is 0 Å². The minimum absolute atomic E-state index is 0.188. The number of hydrogen-bond acceptors (Lipinski definition) is 4. The zero-order valence-electron chi connectivity index (χ0n) is 12.1. The molecule has 1 aliphatic heterocycles. The fraction of sp³-hybridized carbons (Fsp3) is 0.438. The second-order valence-electron chi connectivity index (χ2n) is 4.80. The molecule has 0 radical (unpaired) electrons. The molecule has 0 spiro atoms. The molecule has 0 saturated carbocycles. The van der Waals surface area contributed by atoms with E-state index in [-0.39, 0.29) is 5.97 Å². The molecule has 0 fully saturated rings. The van der Waals surface area contributed by atoms with E-state index in [9.17, 15) is 4.79 Å². The quantitative estimate of drug-likeness (QED) is 0.775. The molecule has 2 rings (SSSR count). The van der Waals surface area contributed by atoms with Crippen molar-refractivity contribution in [2.45, 2.75) is 26.3 Å². The third-order valence-electron chi connectivity index (χ3n) is 3.31. The molecule has 4 nitrogen and oxygen atoms in total. The summed E-state index contributed by atoms with van der Waals surface area (Å²) in [4.78, 5) is 13.9. The first-order valence-electron chi connectivity index (χ1n) is 6.97. The van der Waals surface area contributed by atoms with E-state index in [0.717, 1.165) is 37.3 Å². The van der Waals surface area contributed by atoms with Crippen LogP contribution in [-0.4, -0.2) is 31.1 Å². The van der Waals surface area contributed by atoms with Gasteiger partial charge < -0.3 is 14.4 Å². The predicted molar refractivity (Wildman–Crippen MR) is 77.4 cm³/mol. The number of benzene rings is 1. The minimum atomic E-state index is -0.188. The molecule has 0 unspecified atom stereocenters. The van der Waals surface area contributed by atoms with Gasteiger partial charge in [-0.1, -0.05) is 12.1 Å². The summed E-state index contributed by atoms with van der Waals surface area (Å²) in [5.41, 5.74) is 1.97. The van der Waals surface area contributed by atoms with E-state index in [4.69, 9.17) is 9.47 Å². The monoisotopic (exact) mass is 275 g/mol. The molecule has 4 heteroatoms. The molecule has 1 aromatic rings. The highest BCUT2D eigenvalue weighted by atomic mass is 16.5. The van der Waals surface area contributed by atoms with Crippen LogP contribution in [0.25, 0.3) is 0 Å². The molecule has 0 atom stereocenters. The van der Waals surface area contributed by atoms with E-state index in [1.807, 2.05) is 37.4 Å². The molecule has 1 aromatic carbocycles. The molecular weight excluding hydrogens is 254 g/mol.